The van der Waals surface area contributed by atoms with Crippen LogP contribution < -0.4 is 5.32 Å². The average molecular weight is 191 g/mol. The lowest BCUT2D eigenvalue weighted by Crippen LogP contribution is -2.50. The van der Waals surface area contributed by atoms with Gasteiger partial charge in [0, 0.05) is 18.7 Å². The van der Waals surface area contributed by atoms with Crippen molar-refractivity contribution >= 4 is 0 Å². The summed E-state index contributed by atoms with van der Waals surface area (Å²) >= 11 is 0. The van der Waals surface area contributed by atoms with Crippen molar-refractivity contribution < 1.29 is 14.2 Å². The summed E-state index contributed by atoms with van der Waals surface area (Å²) in [6.07, 6.45) is 0.136. The van der Waals surface area contributed by atoms with Gasteiger partial charge in [-0.1, -0.05) is 0 Å². The minimum Gasteiger partial charge on any atom is -0.389 e. The summed E-state index contributed by atoms with van der Waals surface area (Å²) in [7, 11) is 0. The van der Waals surface area contributed by atoms with Gasteiger partial charge in [-0.15, -0.1) is 0 Å². The Morgan fingerprint density at radius 1 is 1.77 bits per heavy atom. The van der Waals surface area contributed by atoms with Gasteiger partial charge in [-0.2, -0.15) is 0 Å². The highest BCUT2D eigenvalue weighted by Crippen LogP contribution is 2.24. The molecule has 1 aliphatic heterocycles. The van der Waals surface area contributed by atoms with Gasteiger partial charge in [0.15, 0.2) is 0 Å². The van der Waals surface area contributed by atoms with E-state index >= 15 is 0 Å². The Balaban J connectivity index is 2.34. The first-order valence-corrected chi connectivity index (χ1v) is 4.69. The second-order valence-corrected chi connectivity index (χ2v) is 3.87. The maximum absolute atomic E-state index is 12.0. The fraction of sp³-hybridized carbons (Fsp3) is 1.00. The van der Waals surface area contributed by atoms with E-state index in [0.717, 1.165) is 13.0 Å². The number of β-amino-alcohol motifs (C(OH)–C–C–N with tert-alkyl or cyclic N) is 1. The van der Waals surface area contributed by atoms with E-state index in [-0.39, 0.29) is 11.6 Å². The van der Waals surface area contributed by atoms with Crippen molar-refractivity contribution in [3.05, 3.63) is 0 Å². The van der Waals surface area contributed by atoms with Crippen LogP contribution in [-0.2, 0) is 4.74 Å². The number of aliphatic hydroxyl groups is 1. The lowest BCUT2D eigenvalue weighted by Gasteiger charge is -2.29. The maximum Gasteiger partial charge on any atom is 0.117 e. The summed E-state index contributed by atoms with van der Waals surface area (Å²) in [4.78, 5) is 0. The Kier molecular flexibility index (Phi) is 3.64. The number of nitrogens with one attached hydrogen (secondary N) is 1. The van der Waals surface area contributed by atoms with Crippen LogP contribution in [0.25, 0.3) is 0 Å². The number of hydrogen-bond acceptors (Lipinski definition) is 3. The maximum atomic E-state index is 12.0. The van der Waals surface area contributed by atoms with E-state index in [2.05, 4.69) is 5.32 Å². The van der Waals surface area contributed by atoms with Crippen LogP contribution >= 0.6 is 0 Å². The zero-order chi connectivity index (χ0) is 9.90. The molecule has 0 bridgehead atoms. The first kappa shape index (κ1) is 10.9. The number of hydrogen-bond donors (Lipinski definition) is 2. The molecule has 1 rings (SSSR count). The molecular weight excluding hydrogens is 173 g/mol. The van der Waals surface area contributed by atoms with Crippen molar-refractivity contribution in [2.24, 2.45) is 0 Å². The molecule has 0 aliphatic carbocycles. The van der Waals surface area contributed by atoms with Gasteiger partial charge in [0.05, 0.1) is 12.2 Å². The Labute approximate surface area is 78.3 Å². The summed E-state index contributed by atoms with van der Waals surface area (Å²) in [6, 6.07) is 0. The molecule has 2 N–H and O–H groups in total. The lowest BCUT2D eigenvalue weighted by molar-refractivity contribution is 0.0759. The van der Waals surface area contributed by atoms with Crippen LogP contribution in [-0.4, -0.2) is 42.7 Å². The first-order valence-electron chi connectivity index (χ1n) is 4.69. The predicted octanol–water partition coefficient (Wildman–Crippen LogP) is 0.474. The number of ether oxygens (including phenoxy) is 1. The van der Waals surface area contributed by atoms with Gasteiger partial charge >= 0.3 is 0 Å². The van der Waals surface area contributed by atoms with Crippen LogP contribution in [0.3, 0.4) is 0 Å². The Morgan fingerprint density at radius 3 is 2.92 bits per heavy atom. The normalized spacial score (nSPS) is 36.5. The van der Waals surface area contributed by atoms with E-state index in [1.807, 2.05) is 13.8 Å². The molecule has 1 aliphatic rings. The molecule has 3 unspecified atom stereocenters. The molecule has 4 heteroatoms. The van der Waals surface area contributed by atoms with Crippen molar-refractivity contribution in [1.82, 2.24) is 5.32 Å². The van der Waals surface area contributed by atoms with Gasteiger partial charge in [0.1, 0.15) is 6.67 Å². The van der Waals surface area contributed by atoms with Crippen LogP contribution in [0.5, 0.6) is 0 Å². The Bertz CT molecular complexity index is 168. The molecule has 13 heavy (non-hydrogen) atoms. The van der Waals surface area contributed by atoms with E-state index < -0.39 is 12.8 Å². The largest absolute Gasteiger partial charge is 0.389 e. The number of alkyl halides is 1. The molecule has 3 nitrogen and oxygen atoms in total. The quantitative estimate of drug-likeness (QED) is 0.679. The standard InChI is InChI=1S/C9H18FNO2/c1-7-9(2,3-4-13-7)11-6-8(12)5-10/h7-8,11-12H,3-6H2,1-2H3. The summed E-state index contributed by atoms with van der Waals surface area (Å²) in [5.74, 6) is 0. The van der Waals surface area contributed by atoms with Gasteiger partial charge in [0.25, 0.3) is 0 Å². The van der Waals surface area contributed by atoms with E-state index in [9.17, 15) is 4.39 Å². The van der Waals surface area contributed by atoms with Crippen molar-refractivity contribution in [3.63, 3.8) is 0 Å². The summed E-state index contributed by atoms with van der Waals surface area (Å²) < 4.78 is 17.4. The zero-order valence-electron chi connectivity index (χ0n) is 8.22. The van der Waals surface area contributed by atoms with E-state index in [0.29, 0.717) is 6.54 Å². The number of aliphatic hydroxyl groups excluding tert-OH is 1. The van der Waals surface area contributed by atoms with Crippen molar-refractivity contribution in [1.29, 1.82) is 0 Å². The second kappa shape index (κ2) is 4.35. The Morgan fingerprint density at radius 2 is 2.46 bits per heavy atom. The van der Waals surface area contributed by atoms with Crippen LogP contribution in [0.4, 0.5) is 4.39 Å². The van der Waals surface area contributed by atoms with Gasteiger partial charge in [0.2, 0.25) is 0 Å². The topological polar surface area (TPSA) is 41.5 Å². The molecule has 0 aromatic rings. The minimum atomic E-state index is -0.898. The van der Waals surface area contributed by atoms with E-state index in [4.69, 9.17) is 9.84 Å². The zero-order valence-corrected chi connectivity index (χ0v) is 8.22. The summed E-state index contributed by atoms with van der Waals surface area (Å²) in [6.45, 7) is 4.35. The SMILES string of the molecule is CC1OCCC1(C)NCC(O)CF. The van der Waals surface area contributed by atoms with E-state index in [1.165, 1.54) is 0 Å². The number of halogens is 1. The van der Waals surface area contributed by atoms with Gasteiger partial charge in [-0.05, 0) is 20.3 Å². The molecule has 1 fully saturated rings. The lowest BCUT2D eigenvalue weighted by atomic mass is 9.94. The van der Waals surface area contributed by atoms with Crippen LogP contribution in [0, 0.1) is 0 Å². The van der Waals surface area contributed by atoms with Crippen LogP contribution in [0.1, 0.15) is 20.3 Å². The minimum absolute atomic E-state index is 0.115. The summed E-state index contributed by atoms with van der Waals surface area (Å²) in [5, 5.41) is 12.2. The second-order valence-electron chi connectivity index (χ2n) is 3.87. The van der Waals surface area contributed by atoms with Crippen LogP contribution in [0.2, 0.25) is 0 Å². The smallest absolute Gasteiger partial charge is 0.117 e. The molecule has 78 valence electrons. The monoisotopic (exact) mass is 191 g/mol. The first-order chi connectivity index (χ1) is 6.08. The predicted molar refractivity (Wildman–Crippen MR) is 48.4 cm³/mol. The molecule has 0 radical (unpaired) electrons. The average Bonchev–Trinajstić information content (AvgIpc) is 2.44. The molecule has 0 amide bonds. The van der Waals surface area contributed by atoms with Crippen molar-refractivity contribution in [2.75, 3.05) is 19.8 Å². The van der Waals surface area contributed by atoms with Crippen molar-refractivity contribution in [3.8, 4) is 0 Å². The molecule has 1 saturated heterocycles. The Hall–Kier alpha value is -0.190. The third-order valence-corrected chi connectivity index (χ3v) is 2.81. The van der Waals surface area contributed by atoms with Gasteiger partial charge in [-0.25, -0.2) is 4.39 Å². The number of rotatable bonds is 4. The molecule has 0 aromatic heterocycles. The molecule has 0 aromatic carbocycles. The third-order valence-electron chi connectivity index (χ3n) is 2.81. The highest BCUT2D eigenvalue weighted by atomic mass is 19.1. The highest BCUT2D eigenvalue weighted by molar-refractivity contribution is 4.93. The van der Waals surface area contributed by atoms with Gasteiger partial charge < -0.3 is 15.2 Å². The van der Waals surface area contributed by atoms with Crippen molar-refractivity contribution in [2.45, 2.75) is 38.0 Å². The molecule has 1 heterocycles. The van der Waals surface area contributed by atoms with E-state index in [1.54, 1.807) is 0 Å². The molecule has 0 spiro atoms. The van der Waals surface area contributed by atoms with Gasteiger partial charge in [-0.3, -0.25) is 0 Å². The fourth-order valence-corrected chi connectivity index (χ4v) is 1.47. The molecular formula is C9H18FNO2. The summed E-state index contributed by atoms with van der Waals surface area (Å²) in [5.41, 5.74) is -0.115. The van der Waals surface area contributed by atoms with Crippen LogP contribution in [0.15, 0.2) is 0 Å². The third kappa shape index (κ3) is 2.62. The molecule has 0 saturated carbocycles. The fourth-order valence-electron chi connectivity index (χ4n) is 1.47. The highest BCUT2D eigenvalue weighted by Gasteiger charge is 2.36. The molecule has 3 atom stereocenters.